The number of fused-ring (bicyclic) bond motifs is 1. The Morgan fingerprint density at radius 3 is 2.68 bits per heavy atom. The Balaban J connectivity index is 1.79. The normalized spacial score (nSPS) is 10.8. The summed E-state index contributed by atoms with van der Waals surface area (Å²) in [6.07, 6.45) is 1.46. The van der Waals surface area contributed by atoms with Gasteiger partial charge in [0.15, 0.2) is 0 Å². The summed E-state index contributed by atoms with van der Waals surface area (Å²) in [6.45, 7) is 0. The van der Waals surface area contributed by atoms with Crippen LogP contribution in [-0.2, 0) is 0 Å². The molecule has 0 saturated heterocycles. The van der Waals surface area contributed by atoms with Crippen molar-refractivity contribution >= 4 is 50.3 Å². The number of aromatic nitrogens is 2. The summed E-state index contributed by atoms with van der Waals surface area (Å²) < 4.78 is 5.22. The van der Waals surface area contributed by atoms with E-state index < -0.39 is 4.92 Å². The highest BCUT2D eigenvalue weighted by atomic mass is 35.5. The molecule has 2 aromatic heterocycles. The fourth-order valence-corrected chi connectivity index (χ4v) is 3.92. The lowest BCUT2D eigenvalue weighted by Gasteiger charge is -2.09. The number of hydrogen-bond donors (Lipinski definition) is 1. The van der Waals surface area contributed by atoms with Crippen LogP contribution in [0.3, 0.4) is 0 Å². The maximum Gasteiger partial charge on any atom is 0.289 e. The van der Waals surface area contributed by atoms with E-state index in [2.05, 4.69) is 15.3 Å². The largest absolute Gasteiger partial charge is 0.497 e. The number of nitro groups is 1. The van der Waals surface area contributed by atoms with Crippen LogP contribution < -0.4 is 10.1 Å². The van der Waals surface area contributed by atoms with Crippen molar-refractivity contribution in [2.45, 2.75) is 0 Å². The topological polar surface area (TPSA) is 90.2 Å². The third-order valence-electron chi connectivity index (χ3n) is 4.18. The SMILES string of the molecule is COc1ccc(-c2csc3ncnc(Nc4ccc(Cl)c([N+](=O)[O-])c4)c23)cc1. The van der Waals surface area contributed by atoms with E-state index in [1.165, 1.54) is 29.8 Å². The minimum atomic E-state index is -0.517. The second-order valence-corrected chi connectivity index (χ2v) is 7.09. The van der Waals surface area contributed by atoms with Crippen LogP contribution >= 0.6 is 22.9 Å². The molecule has 140 valence electrons. The standard InChI is InChI=1S/C19H13ClN4O3S/c1-27-13-5-2-11(3-6-13)14-9-28-19-17(14)18(21-10-22-19)23-12-4-7-15(20)16(8-12)24(25)26/h2-10H,1H3,(H,21,22,23). The Kier molecular flexibility index (Phi) is 4.81. The number of thiophene rings is 1. The van der Waals surface area contributed by atoms with E-state index in [0.29, 0.717) is 11.5 Å². The molecule has 0 saturated carbocycles. The predicted octanol–water partition coefficient (Wildman–Crippen LogP) is 5.67. The molecule has 0 unspecified atom stereocenters. The van der Waals surface area contributed by atoms with Gasteiger partial charge in [-0.25, -0.2) is 9.97 Å². The van der Waals surface area contributed by atoms with Crippen LogP contribution in [0.25, 0.3) is 21.3 Å². The summed E-state index contributed by atoms with van der Waals surface area (Å²) in [5.41, 5.74) is 2.31. The Hall–Kier alpha value is -3.23. The van der Waals surface area contributed by atoms with Crippen LogP contribution in [0.15, 0.2) is 54.2 Å². The van der Waals surface area contributed by atoms with Crippen LogP contribution in [-0.4, -0.2) is 22.0 Å². The van der Waals surface area contributed by atoms with Crippen molar-refractivity contribution in [1.82, 2.24) is 9.97 Å². The third kappa shape index (κ3) is 3.35. The van der Waals surface area contributed by atoms with Gasteiger partial charge in [0.25, 0.3) is 5.69 Å². The molecule has 0 spiro atoms. The van der Waals surface area contributed by atoms with Crippen molar-refractivity contribution in [3.63, 3.8) is 0 Å². The molecule has 4 rings (SSSR count). The minimum absolute atomic E-state index is 0.0813. The van der Waals surface area contributed by atoms with E-state index in [0.717, 1.165) is 27.1 Å². The molecule has 9 heteroatoms. The molecule has 28 heavy (non-hydrogen) atoms. The average molecular weight is 413 g/mol. The predicted molar refractivity (Wildman–Crippen MR) is 111 cm³/mol. The molecule has 2 heterocycles. The molecule has 0 amide bonds. The molecule has 7 nitrogen and oxygen atoms in total. The van der Waals surface area contributed by atoms with Gasteiger partial charge in [-0.3, -0.25) is 10.1 Å². The van der Waals surface area contributed by atoms with Crippen LogP contribution in [0, 0.1) is 10.1 Å². The number of nitrogens with one attached hydrogen (secondary N) is 1. The second-order valence-electron chi connectivity index (χ2n) is 5.83. The van der Waals surface area contributed by atoms with Crippen molar-refractivity contribution in [3.8, 4) is 16.9 Å². The van der Waals surface area contributed by atoms with E-state index in [-0.39, 0.29) is 10.7 Å². The summed E-state index contributed by atoms with van der Waals surface area (Å²) in [5.74, 6) is 1.33. The molecule has 0 aliphatic rings. The van der Waals surface area contributed by atoms with Gasteiger partial charge in [0.2, 0.25) is 0 Å². The first-order valence-corrected chi connectivity index (χ1v) is 9.40. The lowest BCUT2D eigenvalue weighted by Crippen LogP contribution is -1.97. The highest BCUT2D eigenvalue weighted by Gasteiger charge is 2.16. The summed E-state index contributed by atoms with van der Waals surface area (Å²) in [5, 5.41) is 17.2. The van der Waals surface area contributed by atoms with Crippen LogP contribution in [0.2, 0.25) is 5.02 Å². The number of nitrogens with zero attached hydrogens (tertiary/aromatic N) is 3. The number of nitro benzene ring substituents is 1. The van der Waals surface area contributed by atoms with Crippen molar-refractivity contribution in [2.75, 3.05) is 12.4 Å². The number of anilines is 2. The molecule has 2 aromatic carbocycles. The van der Waals surface area contributed by atoms with Gasteiger partial charge < -0.3 is 10.1 Å². The van der Waals surface area contributed by atoms with Gasteiger partial charge >= 0.3 is 0 Å². The number of ether oxygens (including phenoxy) is 1. The Labute approximate surface area is 168 Å². The summed E-state index contributed by atoms with van der Waals surface area (Å²) in [6, 6.07) is 12.2. The van der Waals surface area contributed by atoms with Gasteiger partial charge in [0.05, 0.1) is 17.4 Å². The van der Waals surface area contributed by atoms with E-state index in [9.17, 15) is 10.1 Å². The second kappa shape index (κ2) is 7.41. The monoisotopic (exact) mass is 412 g/mol. The van der Waals surface area contributed by atoms with Crippen molar-refractivity contribution in [3.05, 3.63) is 69.3 Å². The Morgan fingerprint density at radius 1 is 1.18 bits per heavy atom. The molecule has 0 bridgehead atoms. The number of methoxy groups -OCH3 is 1. The van der Waals surface area contributed by atoms with Gasteiger partial charge in [-0.05, 0) is 29.8 Å². The zero-order chi connectivity index (χ0) is 19.7. The van der Waals surface area contributed by atoms with E-state index >= 15 is 0 Å². The molecule has 0 atom stereocenters. The third-order valence-corrected chi connectivity index (χ3v) is 5.38. The molecule has 0 aliphatic carbocycles. The lowest BCUT2D eigenvalue weighted by molar-refractivity contribution is -0.384. The van der Waals surface area contributed by atoms with E-state index in [4.69, 9.17) is 16.3 Å². The lowest BCUT2D eigenvalue weighted by atomic mass is 10.1. The number of rotatable bonds is 5. The van der Waals surface area contributed by atoms with Crippen molar-refractivity contribution < 1.29 is 9.66 Å². The summed E-state index contributed by atoms with van der Waals surface area (Å²) in [7, 11) is 1.62. The van der Waals surface area contributed by atoms with Crippen molar-refractivity contribution in [2.24, 2.45) is 0 Å². The van der Waals surface area contributed by atoms with Crippen LogP contribution in [0.4, 0.5) is 17.2 Å². The number of hydrogen-bond acceptors (Lipinski definition) is 7. The van der Waals surface area contributed by atoms with Gasteiger partial charge in [-0.15, -0.1) is 11.3 Å². The Morgan fingerprint density at radius 2 is 1.96 bits per heavy atom. The maximum atomic E-state index is 11.1. The minimum Gasteiger partial charge on any atom is -0.497 e. The molecular formula is C19H13ClN4O3S. The first-order chi connectivity index (χ1) is 13.6. The quantitative estimate of drug-likeness (QED) is 0.335. The van der Waals surface area contributed by atoms with Gasteiger partial charge in [0.1, 0.15) is 27.7 Å². The molecule has 0 aliphatic heterocycles. The van der Waals surface area contributed by atoms with Crippen LogP contribution in [0.5, 0.6) is 5.75 Å². The average Bonchev–Trinajstić information content (AvgIpc) is 3.14. The molecule has 4 aromatic rings. The van der Waals surface area contributed by atoms with E-state index in [1.807, 2.05) is 29.6 Å². The smallest absolute Gasteiger partial charge is 0.289 e. The van der Waals surface area contributed by atoms with Gasteiger partial charge in [0, 0.05) is 22.7 Å². The molecular weight excluding hydrogens is 400 g/mol. The zero-order valence-corrected chi connectivity index (χ0v) is 16.1. The highest BCUT2D eigenvalue weighted by molar-refractivity contribution is 7.17. The first-order valence-electron chi connectivity index (χ1n) is 8.14. The fourth-order valence-electron chi connectivity index (χ4n) is 2.82. The fraction of sp³-hybridized carbons (Fsp3) is 0.0526. The van der Waals surface area contributed by atoms with E-state index in [1.54, 1.807) is 13.2 Å². The summed E-state index contributed by atoms with van der Waals surface area (Å²) >= 11 is 7.40. The number of halogens is 1. The molecule has 0 fully saturated rings. The molecule has 1 N–H and O–H groups in total. The zero-order valence-electron chi connectivity index (χ0n) is 14.5. The molecule has 0 radical (unpaired) electrons. The van der Waals surface area contributed by atoms with Gasteiger partial charge in [-0.2, -0.15) is 0 Å². The number of benzene rings is 2. The van der Waals surface area contributed by atoms with Crippen LogP contribution in [0.1, 0.15) is 0 Å². The summed E-state index contributed by atoms with van der Waals surface area (Å²) in [4.78, 5) is 20.1. The highest BCUT2D eigenvalue weighted by Crippen LogP contribution is 2.38. The Bertz CT molecular complexity index is 1180. The van der Waals surface area contributed by atoms with Gasteiger partial charge in [-0.1, -0.05) is 23.7 Å². The van der Waals surface area contributed by atoms with Crippen molar-refractivity contribution in [1.29, 1.82) is 0 Å². The first kappa shape index (κ1) is 18.1. The maximum absolute atomic E-state index is 11.1.